The number of carbonyl (C=O) groups is 1. The molecule has 3 unspecified atom stereocenters. The van der Waals surface area contributed by atoms with Crippen LogP contribution in [0, 0.1) is 17.8 Å². The van der Waals surface area contributed by atoms with Crippen LogP contribution in [0.15, 0.2) is 30.4 Å². The standard InChI is InChI=1S/C17H19NO/c19-17(16-9-11-4-5-14(16)8-11)18-15-7-6-12-2-1-3-13(12)10-15/h4-7,10-11,14,16H,1-3,8-9H2,(H,18,19). The third-order valence-corrected chi connectivity index (χ3v) is 4.98. The van der Waals surface area contributed by atoms with E-state index in [2.05, 4.69) is 35.7 Å². The number of hydrogen-bond donors (Lipinski definition) is 1. The molecular formula is C17H19NO. The van der Waals surface area contributed by atoms with Gasteiger partial charge in [0.1, 0.15) is 0 Å². The van der Waals surface area contributed by atoms with E-state index in [0.717, 1.165) is 18.5 Å². The highest BCUT2D eigenvalue weighted by molar-refractivity contribution is 5.93. The summed E-state index contributed by atoms with van der Waals surface area (Å²) in [6, 6.07) is 6.41. The molecule has 0 saturated heterocycles. The van der Waals surface area contributed by atoms with Crippen LogP contribution in [0.2, 0.25) is 0 Å². The molecule has 2 bridgehead atoms. The van der Waals surface area contributed by atoms with Crippen molar-refractivity contribution in [1.29, 1.82) is 0 Å². The smallest absolute Gasteiger partial charge is 0.228 e. The van der Waals surface area contributed by atoms with Crippen LogP contribution in [0.3, 0.4) is 0 Å². The van der Waals surface area contributed by atoms with E-state index in [0.29, 0.717) is 11.8 Å². The Morgan fingerprint density at radius 2 is 2.00 bits per heavy atom. The monoisotopic (exact) mass is 253 g/mol. The minimum atomic E-state index is 0.197. The molecule has 1 aromatic carbocycles. The van der Waals surface area contributed by atoms with E-state index in [1.807, 2.05) is 0 Å². The van der Waals surface area contributed by atoms with Gasteiger partial charge in [0.15, 0.2) is 0 Å². The third-order valence-electron chi connectivity index (χ3n) is 4.98. The fraction of sp³-hybridized carbons (Fsp3) is 0.471. The molecule has 3 aliphatic rings. The number of aryl methyl sites for hydroxylation is 2. The van der Waals surface area contributed by atoms with E-state index in [1.54, 1.807) is 0 Å². The summed E-state index contributed by atoms with van der Waals surface area (Å²) >= 11 is 0. The van der Waals surface area contributed by atoms with Crippen molar-refractivity contribution in [3.8, 4) is 0 Å². The second kappa shape index (κ2) is 4.22. The highest BCUT2D eigenvalue weighted by Crippen LogP contribution is 2.43. The first-order valence-electron chi connectivity index (χ1n) is 7.40. The Morgan fingerprint density at radius 3 is 2.79 bits per heavy atom. The molecule has 1 aromatic rings. The van der Waals surface area contributed by atoms with Gasteiger partial charge < -0.3 is 5.32 Å². The Bertz CT molecular complexity index is 560. The van der Waals surface area contributed by atoms with Gasteiger partial charge in [-0.25, -0.2) is 0 Å². The van der Waals surface area contributed by atoms with Crippen molar-refractivity contribution in [3.05, 3.63) is 41.5 Å². The van der Waals surface area contributed by atoms with Crippen molar-refractivity contribution in [2.24, 2.45) is 17.8 Å². The summed E-state index contributed by atoms with van der Waals surface area (Å²) in [5.74, 6) is 1.55. The van der Waals surface area contributed by atoms with Crippen molar-refractivity contribution >= 4 is 11.6 Å². The first kappa shape index (κ1) is 11.3. The summed E-state index contributed by atoms with van der Waals surface area (Å²) in [7, 11) is 0. The van der Waals surface area contributed by atoms with Crippen LogP contribution in [0.1, 0.15) is 30.4 Å². The number of amides is 1. The maximum atomic E-state index is 12.4. The Hall–Kier alpha value is -1.57. The average molecular weight is 253 g/mol. The zero-order chi connectivity index (χ0) is 12.8. The predicted octanol–water partition coefficient (Wildman–Crippen LogP) is 3.33. The van der Waals surface area contributed by atoms with Gasteiger partial charge in [0.2, 0.25) is 5.91 Å². The number of hydrogen-bond acceptors (Lipinski definition) is 1. The van der Waals surface area contributed by atoms with Gasteiger partial charge in [0.25, 0.3) is 0 Å². The summed E-state index contributed by atoms with van der Waals surface area (Å²) < 4.78 is 0. The zero-order valence-corrected chi connectivity index (χ0v) is 11.1. The van der Waals surface area contributed by atoms with Gasteiger partial charge in [0.05, 0.1) is 0 Å². The van der Waals surface area contributed by atoms with E-state index in [9.17, 15) is 4.79 Å². The number of rotatable bonds is 2. The Kier molecular flexibility index (Phi) is 2.51. The minimum Gasteiger partial charge on any atom is -0.326 e. The summed E-state index contributed by atoms with van der Waals surface area (Å²) in [5, 5.41) is 3.13. The fourth-order valence-electron chi connectivity index (χ4n) is 3.97. The predicted molar refractivity (Wildman–Crippen MR) is 75.9 cm³/mol. The van der Waals surface area contributed by atoms with E-state index < -0.39 is 0 Å². The Morgan fingerprint density at radius 1 is 1.11 bits per heavy atom. The van der Waals surface area contributed by atoms with Crippen molar-refractivity contribution in [2.75, 3.05) is 5.32 Å². The quantitative estimate of drug-likeness (QED) is 0.805. The van der Waals surface area contributed by atoms with Crippen LogP contribution in [-0.4, -0.2) is 5.91 Å². The zero-order valence-electron chi connectivity index (χ0n) is 11.1. The molecule has 0 heterocycles. The number of anilines is 1. The summed E-state index contributed by atoms with van der Waals surface area (Å²) in [6.07, 6.45) is 10.4. The van der Waals surface area contributed by atoms with Crippen LogP contribution in [0.25, 0.3) is 0 Å². The lowest BCUT2D eigenvalue weighted by atomic mass is 9.92. The lowest BCUT2D eigenvalue weighted by Gasteiger charge is -2.18. The maximum Gasteiger partial charge on any atom is 0.228 e. The summed E-state index contributed by atoms with van der Waals surface area (Å²) in [4.78, 5) is 12.4. The molecule has 0 spiro atoms. The van der Waals surface area contributed by atoms with E-state index >= 15 is 0 Å². The van der Waals surface area contributed by atoms with Gasteiger partial charge >= 0.3 is 0 Å². The average Bonchev–Trinajstić information content (AvgIpc) is 3.13. The number of nitrogens with one attached hydrogen (secondary N) is 1. The molecular weight excluding hydrogens is 234 g/mol. The number of carbonyl (C=O) groups excluding carboxylic acids is 1. The normalized spacial score (nSPS) is 30.6. The summed E-state index contributed by atoms with van der Waals surface area (Å²) in [5.41, 5.74) is 3.86. The maximum absolute atomic E-state index is 12.4. The molecule has 1 amide bonds. The van der Waals surface area contributed by atoms with Gasteiger partial charge in [-0.1, -0.05) is 18.2 Å². The van der Waals surface area contributed by atoms with Gasteiger partial charge in [-0.05, 0) is 67.2 Å². The summed E-state index contributed by atoms with van der Waals surface area (Å²) in [6.45, 7) is 0. The molecule has 2 nitrogen and oxygen atoms in total. The van der Waals surface area contributed by atoms with Crippen LogP contribution < -0.4 is 5.32 Å². The molecule has 2 heteroatoms. The molecule has 19 heavy (non-hydrogen) atoms. The highest BCUT2D eigenvalue weighted by Gasteiger charge is 2.39. The Balaban J connectivity index is 1.49. The van der Waals surface area contributed by atoms with Crippen LogP contribution in [0.4, 0.5) is 5.69 Å². The van der Waals surface area contributed by atoms with Gasteiger partial charge in [0, 0.05) is 11.6 Å². The van der Waals surface area contributed by atoms with E-state index in [4.69, 9.17) is 0 Å². The van der Waals surface area contributed by atoms with Crippen molar-refractivity contribution in [3.63, 3.8) is 0 Å². The molecule has 1 saturated carbocycles. The van der Waals surface area contributed by atoms with Gasteiger partial charge in [-0.15, -0.1) is 0 Å². The molecule has 0 radical (unpaired) electrons. The lowest BCUT2D eigenvalue weighted by Crippen LogP contribution is -2.25. The highest BCUT2D eigenvalue weighted by atomic mass is 16.1. The Labute approximate surface area is 113 Å². The largest absolute Gasteiger partial charge is 0.326 e. The SMILES string of the molecule is O=C(Nc1ccc2c(c1)CCC2)C1CC2C=CC1C2. The molecule has 3 aliphatic carbocycles. The number of benzene rings is 1. The second-order valence-corrected chi connectivity index (χ2v) is 6.21. The lowest BCUT2D eigenvalue weighted by molar-refractivity contribution is -0.120. The number of fused-ring (bicyclic) bond motifs is 3. The third kappa shape index (κ3) is 1.90. The second-order valence-electron chi connectivity index (χ2n) is 6.21. The number of allylic oxidation sites excluding steroid dienone is 2. The molecule has 1 fully saturated rings. The molecule has 98 valence electrons. The molecule has 0 aliphatic heterocycles. The van der Waals surface area contributed by atoms with E-state index in [-0.39, 0.29) is 11.8 Å². The molecule has 0 aromatic heterocycles. The first-order valence-corrected chi connectivity index (χ1v) is 7.40. The minimum absolute atomic E-state index is 0.197. The molecule has 1 N–H and O–H groups in total. The fourth-order valence-corrected chi connectivity index (χ4v) is 3.97. The van der Waals surface area contributed by atoms with Crippen LogP contribution >= 0.6 is 0 Å². The molecule has 4 rings (SSSR count). The van der Waals surface area contributed by atoms with Gasteiger partial charge in [-0.3, -0.25) is 4.79 Å². The van der Waals surface area contributed by atoms with E-state index in [1.165, 1.54) is 30.4 Å². The van der Waals surface area contributed by atoms with Gasteiger partial charge in [-0.2, -0.15) is 0 Å². The van der Waals surface area contributed by atoms with Crippen molar-refractivity contribution in [1.82, 2.24) is 0 Å². The van der Waals surface area contributed by atoms with Crippen molar-refractivity contribution < 1.29 is 4.79 Å². The van der Waals surface area contributed by atoms with Crippen LogP contribution in [0.5, 0.6) is 0 Å². The molecule has 3 atom stereocenters. The first-order chi connectivity index (χ1) is 9.29. The van der Waals surface area contributed by atoms with Crippen molar-refractivity contribution in [2.45, 2.75) is 32.1 Å². The topological polar surface area (TPSA) is 29.1 Å². The van der Waals surface area contributed by atoms with Crippen LogP contribution in [-0.2, 0) is 17.6 Å².